The van der Waals surface area contributed by atoms with Crippen LogP contribution in [0.25, 0.3) is 0 Å². The van der Waals surface area contributed by atoms with Crippen molar-refractivity contribution in [3.8, 4) is 17.2 Å². The number of nitrogens with zero attached hydrogens (tertiary/aromatic N) is 1. The van der Waals surface area contributed by atoms with Crippen LogP contribution in [0.2, 0.25) is 0 Å². The quantitative estimate of drug-likeness (QED) is 0.471. The summed E-state index contributed by atoms with van der Waals surface area (Å²) in [5.74, 6) is 0.718. The summed E-state index contributed by atoms with van der Waals surface area (Å²) in [5, 5.41) is 24.1. The zero-order chi connectivity index (χ0) is 22.8. The van der Waals surface area contributed by atoms with E-state index in [1.54, 1.807) is 13.2 Å². The molecule has 5 rings (SSSR count). The number of nitrogens with one attached hydrogen (secondary N) is 1. The van der Waals surface area contributed by atoms with Crippen molar-refractivity contribution in [1.29, 1.82) is 0 Å². The van der Waals surface area contributed by atoms with Gasteiger partial charge in [0.25, 0.3) is 0 Å². The van der Waals surface area contributed by atoms with Gasteiger partial charge in [-0.15, -0.1) is 0 Å². The number of unbranched alkanes of at least 4 members (excludes halogenated alkanes) is 1. The Morgan fingerprint density at radius 2 is 2.25 bits per heavy atom. The number of ether oxygens (including phenoxy) is 2. The summed E-state index contributed by atoms with van der Waals surface area (Å²) in [4.78, 5) is 14.6. The van der Waals surface area contributed by atoms with Gasteiger partial charge in [-0.2, -0.15) is 0 Å². The van der Waals surface area contributed by atoms with Crippen molar-refractivity contribution in [2.75, 3.05) is 20.7 Å². The van der Waals surface area contributed by atoms with E-state index in [2.05, 4.69) is 17.3 Å². The number of aromatic hydroxyl groups is 1. The van der Waals surface area contributed by atoms with Crippen molar-refractivity contribution in [3.63, 3.8) is 0 Å². The predicted molar refractivity (Wildman–Crippen MR) is 119 cm³/mol. The second kappa shape index (κ2) is 7.50. The van der Waals surface area contributed by atoms with Gasteiger partial charge in [-0.3, -0.25) is 5.32 Å². The summed E-state index contributed by atoms with van der Waals surface area (Å²) < 4.78 is 12.2. The second-order valence-electron chi connectivity index (χ2n) is 10.2. The zero-order valence-corrected chi connectivity index (χ0v) is 19.2. The SMILES string of the molecule is CCCC[C@](N)(N[C@@H]1CC[C@H]2[C@H]3Cc4c(OC)cc(O)c5c4[C@@]2(CCN3C)[C@H]1O5)C(=O)O. The molecule has 176 valence electrons. The van der Waals surface area contributed by atoms with Gasteiger partial charge in [0, 0.05) is 34.7 Å². The lowest BCUT2D eigenvalue weighted by Crippen LogP contribution is -2.72. The Kier molecular flexibility index (Phi) is 5.11. The highest BCUT2D eigenvalue weighted by atomic mass is 16.5. The van der Waals surface area contributed by atoms with Gasteiger partial charge in [-0.25, -0.2) is 4.79 Å². The highest BCUT2D eigenvalue weighted by Gasteiger charge is 2.66. The lowest BCUT2D eigenvalue weighted by Gasteiger charge is -2.59. The standard InChI is InChI=1S/C24H35N3O5/c1-4-5-8-24(25,22(29)30)26-15-7-6-14-16-11-13-18(31-3)12-17(28)20-19(13)23(14,21(15)32-20)9-10-27(16)2/h12,14-16,21,26,28H,4-11,25H2,1-3H3,(H,29,30)/t14-,15+,16+,21-,23-,24-/m0/s1. The number of carboxylic acids is 1. The molecule has 2 aliphatic carbocycles. The van der Waals surface area contributed by atoms with Crippen molar-refractivity contribution in [3.05, 3.63) is 17.2 Å². The molecule has 0 amide bonds. The lowest BCUT2D eigenvalue weighted by molar-refractivity contribution is -0.147. The van der Waals surface area contributed by atoms with E-state index in [1.165, 1.54) is 0 Å². The molecule has 5 N–H and O–H groups in total. The molecule has 1 saturated carbocycles. The average Bonchev–Trinajstić information content (AvgIpc) is 3.12. The number of benzene rings is 1. The fourth-order valence-corrected chi connectivity index (χ4v) is 7.15. The smallest absolute Gasteiger partial charge is 0.338 e. The Bertz CT molecular complexity index is 939. The minimum atomic E-state index is -1.50. The van der Waals surface area contributed by atoms with Crippen molar-refractivity contribution < 1.29 is 24.5 Å². The summed E-state index contributed by atoms with van der Waals surface area (Å²) in [6.45, 7) is 2.97. The third-order valence-corrected chi connectivity index (χ3v) is 8.65. The number of methoxy groups -OCH3 is 1. The van der Waals surface area contributed by atoms with E-state index in [0.29, 0.717) is 29.9 Å². The Morgan fingerprint density at radius 1 is 1.47 bits per heavy atom. The summed E-state index contributed by atoms with van der Waals surface area (Å²) in [7, 11) is 3.83. The number of hydrogen-bond acceptors (Lipinski definition) is 7. The molecule has 8 heteroatoms. The molecule has 0 unspecified atom stereocenters. The fourth-order valence-electron chi connectivity index (χ4n) is 7.15. The molecule has 1 spiro atoms. The number of likely N-dealkylation sites (tertiary alicyclic amines) is 1. The van der Waals surface area contributed by atoms with Crippen LogP contribution >= 0.6 is 0 Å². The number of aliphatic carboxylic acids is 1. The van der Waals surface area contributed by atoms with Crippen LogP contribution in [0.4, 0.5) is 0 Å². The summed E-state index contributed by atoms with van der Waals surface area (Å²) in [5.41, 5.74) is 6.85. The highest BCUT2D eigenvalue weighted by molar-refractivity contribution is 5.78. The first-order chi connectivity index (χ1) is 15.3. The van der Waals surface area contributed by atoms with Gasteiger partial charge in [0.05, 0.1) is 7.11 Å². The topological polar surface area (TPSA) is 117 Å². The molecule has 2 bridgehead atoms. The minimum Gasteiger partial charge on any atom is -0.504 e. The molecule has 0 aromatic heterocycles. The molecule has 4 aliphatic rings. The van der Waals surface area contributed by atoms with Gasteiger partial charge in [0.2, 0.25) is 0 Å². The van der Waals surface area contributed by atoms with Crippen LogP contribution in [0.1, 0.15) is 56.6 Å². The largest absolute Gasteiger partial charge is 0.504 e. The third kappa shape index (κ3) is 2.82. The summed E-state index contributed by atoms with van der Waals surface area (Å²) in [6.07, 6.45) is 5.23. The molecular formula is C24H35N3O5. The molecule has 1 saturated heterocycles. The fraction of sp³-hybridized carbons (Fsp3) is 0.708. The van der Waals surface area contributed by atoms with Crippen molar-refractivity contribution in [1.82, 2.24) is 10.2 Å². The summed E-state index contributed by atoms with van der Waals surface area (Å²) >= 11 is 0. The molecular weight excluding hydrogens is 410 g/mol. The van der Waals surface area contributed by atoms with Crippen LogP contribution in [0.15, 0.2) is 6.07 Å². The van der Waals surface area contributed by atoms with Crippen LogP contribution < -0.4 is 20.5 Å². The number of phenols is 1. The van der Waals surface area contributed by atoms with E-state index in [1.807, 2.05) is 6.92 Å². The lowest BCUT2D eigenvalue weighted by atomic mass is 9.51. The first kappa shape index (κ1) is 21.8. The zero-order valence-electron chi connectivity index (χ0n) is 19.2. The Labute approximate surface area is 189 Å². The number of rotatable bonds is 7. The van der Waals surface area contributed by atoms with Crippen LogP contribution in [-0.4, -0.2) is 65.6 Å². The van der Waals surface area contributed by atoms with E-state index in [4.69, 9.17) is 15.2 Å². The number of hydrogen-bond donors (Lipinski definition) is 4. The predicted octanol–water partition coefficient (Wildman–Crippen LogP) is 1.96. The number of carboxylic acid groups (broad SMARTS) is 1. The van der Waals surface area contributed by atoms with Gasteiger partial charge >= 0.3 is 5.97 Å². The number of likely N-dealkylation sites (N-methyl/N-ethyl adjacent to an activating group) is 1. The molecule has 0 radical (unpaired) electrons. The van der Waals surface area contributed by atoms with E-state index in [0.717, 1.165) is 56.2 Å². The van der Waals surface area contributed by atoms with E-state index in [-0.39, 0.29) is 23.3 Å². The Morgan fingerprint density at radius 3 is 2.94 bits per heavy atom. The van der Waals surface area contributed by atoms with Gasteiger partial charge in [-0.1, -0.05) is 13.3 Å². The molecule has 2 heterocycles. The van der Waals surface area contributed by atoms with Gasteiger partial charge < -0.3 is 30.3 Å². The third-order valence-electron chi connectivity index (χ3n) is 8.65. The highest BCUT2D eigenvalue weighted by Crippen LogP contribution is 2.65. The molecule has 1 aromatic rings. The van der Waals surface area contributed by atoms with Gasteiger partial charge in [0.1, 0.15) is 11.9 Å². The first-order valence-electron chi connectivity index (χ1n) is 11.9. The molecule has 1 aromatic carbocycles. The van der Waals surface area contributed by atoms with E-state index in [9.17, 15) is 15.0 Å². The van der Waals surface area contributed by atoms with Gasteiger partial charge in [-0.05, 0) is 58.0 Å². The number of nitrogens with two attached hydrogens (primary N) is 1. The first-order valence-corrected chi connectivity index (χ1v) is 11.9. The average molecular weight is 446 g/mol. The van der Waals surface area contributed by atoms with Crippen LogP contribution in [0.5, 0.6) is 17.2 Å². The monoisotopic (exact) mass is 445 g/mol. The Hall–Kier alpha value is -2.03. The minimum absolute atomic E-state index is 0.0995. The van der Waals surface area contributed by atoms with E-state index < -0.39 is 11.6 Å². The number of piperidine rings is 1. The maximum atomic E-state index is 12.1. The molecule has 8 nitrogen and oxygen atoms in total. The maximum Gasteiger partial charge on any atom is 0.338 e. The van der Waals surface area contributed by atoms with Crippen LogP contribution in [-0.2, 0) is 16.6 Å². The van der Waals surface area contributed by atoms with Crippen molar-refractivity contribution >= 4 is 5.97 Å². The second-order valence-corrected chi connectivity index (χ2v) is 10.2. The summed E-state index contributed by atoms with van der Waals surface area (Å²) in [6, 6.07) is 1.82. The van der Waals surface area contributed by atoms with Crippen LogP contribution in [0.3, 0.4) is 0 Å². The van der Waals surface area contributed by atoms with Gasteiger partial charge in [0.15, 0.2) is 17.2 Å². The molecule has 2 fully saturated rings. The van der Waals surface area contributed by atoms with Crippen molar-refractivity contribution in [2.24, 2.45) is 11.7 Å². The molecule has 2 aliphatic heterocycles. The molecule has 32 heavy (non-hydrogen) atoms. The molecule has 6 atom stereocenters. The Balaban J connectivity index is 1.60. The van der Waals surface area contributed by atoms with Crippen LogP contribution in [0, 0.1) is 5.92 Å². The normalized spacial score (nSPS) is 34.4. The number of carbonyl (C=O) groups is 1. The van der Waals surface area contributed by atoms with E-state index >= 15 is 0 Å². The van der Waals surface area contributed by atoms with Crippen molar-refractivity contribution in [2.45, 2.75) is 81.1 Å². The number of phenolic OH excluding ortho intramolecular Hbond substituents is 1. The maximum absolute atomic E-state index is 12.1.